The molecule has 1 unspecified atom stereocenters. The van der Waals surface area contributed by atoms with Gasteiger partial charge in [-0.1, -0.05) is 6.07 Å². The second-order valence-electron chi connectivity index (χ2n) is 3.61. The normalized spacial score (nSPS) is 12.8. The van der Waals surface area contributed by atoms with Crippen LogP contribution in [0.25, 0.3) is 0 Å². The maximum absolute atomic E-state index is 5.48. The Morgan fingerprint density at radius 3 is 3.00 bits per heavy atom. The molecule has 1 atom stereocenters. The number of aryl methyl sites for hydroxylation is 1. The zero-order chi connectivity index (χ0) is 10.4. The molecule has 0 aliphatic carbocycles. The fourth-order valence-corrected chi connectivity index (χ4v) is 1.34. The Morgan fingerprint density at radius 1 is 1.57 bits per heavy atom. The summed E-state index contributed by atoms with van der Waals surface area (Å²) in [6, 6.07) is 4.54. The largest absolute Gasteiger partial charge is 0.330 e. The lowest BCUT2D eigenvalue weighted by molar-refractivity contribution is 0.518. The van der Waals surface area contributed by atoms with Crippen LogP contribution in [0, 0.1) is 6.92 Å². The lowest BCUT2D eigenvalue weighted by Gasteiger charge is -2.13. The molecule has 3 N–H and O–H groups in total. The van der Waals surface area contributed by atoms with Gasteiger partial charge < -0.3 is 11.1 Å². The number of pyridine rings is 1. The Balaban J connectivity index is 2.41. The third-order valence-electron chi connectivity index (χ3n) is 2.36. The van der Waals surface area contributed by atoms with Crippen molar-refractivity contribution in [1.29, 1.82) is 0 Å². The second kappa shape index (κ2) is 5.73. The Morgan fingerprint density at radius 2 is 2.36 bits per heavy atom. The van der Waals surface area contributed by atoms with Crippen LogP contribution in [0.15, 0.2) is 18.3 Å². The third-order valence-corrected chi connectivity index (χ3v) is 2.36. The van der Waals surface area contributed by atoms with E-state index >= 15 is 0 Å². The van der Waals surface area contributed by atoms with Crippen molar-refractivity contribution in [3.05, 3.63) is 29.6 Å². The molecule has 0 amide bonds. The van der Waals surface area contributed by atoms with Gasteiger partial charge in [-0.15, -0.1) is 0 Å². The molecule has 0 saturated heterocycles. The van der Waals surface area contributed by atoms with Crippen LogP contribution in [0.3, 0.4) is 0 Å². The molecule has 14 heavy (non-hydrogen) atoms. The van der Waals surface area contributed by atoms with Crippen LogP contribution >= 0.6 is 0 Å². The van der Waals surface area contributed by atoms with Gasteiger partial charge in [0.25, 0.3) is 0 Å². The number of rotatable bonds is 5. The van der Waals surface area contributed by atoms with E-state index < -0.39 is 0 Å². The van der Waals surface area contributed by atoms with E-state index in [0.717, 1.165) is 25.2 Å². The SMILES string of the molecule is Cc1ncccc1CNC(C)CCN. The van der Waals surface area contributed by atoms with Crippen LogP contribution < -0.4 is 11.1 Å². The number of nitrogens with zero attached hydrogens (tertiary/aromatic N) is 1. The fourth-order valence-electron chi connectivity index (χ4n) is 1.34. The Labute approximate surface area is 85.7 Å². The monoisotopic (exact) mass is 193 g/mol. The molecule has 0 aliphatic rings. The number of aromatic nitrogens is 1. The predicted molar refractivity (Wildman–Crippen MR) is 58.9 cm³/mol. The number of nitrogens with two attached hydrogens (primary N) is 1. The quantitative estimate of drug-likeness (QED) is 0.739. The molecule has 3 heteroatoms. The minimum absolute atomic E-state index is 0.472. The predicted octanol–water partition coefficient (Wildman–Crippen LogP) is 1.22. The van der Waals surface area contributed by atoms with E-state index in [9.17, 15) is 0 Å². The smallest absolute Gasteiger partial charge is 0.0417 e. The van der Waals surface area contributed by atoms with E-state index in [1.807, 2.05) is 19.2 Å². The van der Waals surface area contributed by atoms with Gasteiger partial charge >= 0.3 is 0 Å². The summed E-state index contributed by atoms with van der Waals surface area (Å²) < 4.78 is 0. The molecule has 0 bridgehead atoms. The van der Waals surface area contributed by atoms with Crippen LogP contribution in [0.1, 0.15) is 24.6 Å². The number of nitrogens with one attached hydrogen (secondary N) is 1. The molecule has 78 valence electrons. The van der Waals surface area contributed by atoms with Crippen molar-refractivity contribution < 1.29 is 0 Å². The molecule has 0 radical (unpaired) electrons. The van der Waals surface area contributed by atoms with Crippen molar-refractivity contribution in [3.63, 3.8) is 0 Å². The molecule has 0 aromatic carbocycles. The number of hydrogen-bond acceptors (Lipinski definition) is 3. The molecule has 1 rings (SSSR count). The molecule has 1 aromatic rings. The second-order valence-corrected chi connectivity index (χ2v) is 3.61. The lowest BCUT2D eigenvalue weighted by Crippen LogP contribution is -2.28. The third kappa shape index (κ3) is 3.44. The average Bonchev–Trinajstić information content (AvgIpc) is 2.17. The zero-order valence-corrected chi connectivity index (χ0v) is 8.96. The van der Waals surface area contributed by atoms with Gasteiger partial charge in [-0.3, -0.25) is 4.98 Å². The van der Waals surface area contributed by atoms with E-state index in [2.05, 4.69) is 23.3 Å². The highest BCUT2D eigenvalue weighted by Crippen LogP contribution is 2.03. The Bertz CT molecular complexity index is 273. The number of hydrogen-bond donors (Lipinski definition) is 2. The van der Waals surface area contributed by atoms with E-state index in [-0.39, 0.29) is 0 Å². The van der Waals surface area contributed by atoms with Crippen molar-refractivity contribution in [3.8, 4) is 0 Å². The standard InChI is InChI=1S/C11H19N3/c1-9(5-6-12)14-8-11-4-3-7-13-10(11)2/h3-4,7,9,14H,5-6,8,12H2,1-2H3. The maximum atomic E-state index is 5.48. The van der Waals surface area contributed by atoms with Crippen molar-refractivity contribution in [1.82, 2.24) is 10.3 Å². The minimum Gasteiger partial charge on any atom is -0.330 e. The summed E-state index contributed by atoms with van der Waals surface area (Å²) in [5.41, 5.74) is 7.83. The summed E-state index contributed by atoms with van der Waals surface area (Å²) in [5, 5.41) is 3.42. The van der Waals surface area contributed by atoms with Crippen LogP contribution in [0.5, 0.6) is 0 Å². The molecule has 3 nitrogen and oxygen atoms in total. The van der Waals surface area contributed by atoms with Gasteiger partial charge in [0, 0.05) is 24.5 Å². The summed E-state index contributed by atoms with van der Waals surface area (Å²) in [6.07, 6.45) is 2.83. The summed E-state index contributed by atoms with van der Waals surface area (Å²) >= 11 is 0. The van der Waals surface area contributed by atoms with Gasteiger partial charge in [0.1, 0.15) is 0 Å². The highest BCUT2D eigenvalue weighted by Gasteiger charge is 2.01. The van der Waals surface area contributed by atoms with E-state index in [4.69, 9.17) is 5.73 Å². The van der Waals surface area contributed by atoms with Gasteiger partial charge in [-0.25, -0.2) is 0 Å². The van der Waals surface area contributed by atoms with Crippen LogP contribution in [-0.4, -0.2) is 17.6 Å². The minimum atomic E-state index is 0.472. The van der Waals surface area contributed by atoms with Crippen molar-refractivity contribution in [2.24, 2.45) is 5.73 Å². The molecular weight excluding hydrogens is 174 g/mol. The molecule has 0 aliphatic heterocycles. The molecule has 0 fully saturated rings. The van der Waals surface area contributed by atoms with E-state index in [0.29, 0.717) is 6.04 Å². The van der Waals surface area contributed by atoms with Crippen LogP contribution in [-0.2, 0) is 6.54 Å². The van der Waals surface area contributed by atoms with Crippen molar-refractivity contribution in [2.75, 3.05) is 6.54 Å². The molecule has 0 saturated carbocycles. The maximum Gasteiger partial charge on any atom is 0.0417 e. The lowest BCUT2D eigenvalue weighted by atomic mass is 10.2. The topological polar surface area (TPSA) is 50.9 Å². The van der Waals surface area contributed by atoms with Crippen LogP contribution in [0.4, 0.5) is 0 Å². The first kappa shape index (κ1) is 11.1. The summed E-state index contributed by atoms with van der Waals surface area (Å²) in [5.74, 6) is 0. The van der Waals surface area contributed by atoms with E-state index in [1.165, 1.54) is 5.56 Å². The van der Waals surface area contributed by atoms with Gasteiger partial charge in [-0.05, 0) is 38.4 Å². The highest BCUT2D eigenvalue weighted by molar-refractivity contribution is 5.17. The first-order valence-electron chi connectivity index (χ1n) is 5.08. The van der Waals surface area contributed by atoms with Crippen LogP contribution in [0.2, 0.25) is 0 Å². The summed E-state index contributed by atoms with van der Waals surface area (Å²) in [6.45, 7) is 5.80. The Hall–Kier alpha value is -0.930. The van der Waals surface area contributed by atoms with Gasteiger partial charge in [0.05, 0.1) is 0 Å². The van der Waals surface area contributed by atoms with Crippen molar-refractivity contribution >= 4 is 0 Å². The van der Waals surface area contributed by atoms with Gasteiger partial charge in [-0.2, -0.15) is 0 Å². The molecule has 1 heterocycles. The van der Waals surface area contributed by atoms with Crippen molar-refractivity contribution in [2.45, 2.75) is 32.9 Å². The molecule has 1 aromatic heterocycles. The first-order chi connectivity index (χ1) is 6.74. The van der Waals surface area contributed by atoms with Gasteiger partial charge in [0.2, 0.25) is 0 Å². The van der Waals surface area contributed by atoms with E-state index in [1.54, 1.807) is 0 Å². The zero-order valence-electron chi connectivity index (χ0n) is 8.96. The summed E-state index contributed by atoms with van der Waals surface area (Å²) in [4.78, 5) is 4.24. The molecule has 0 spiro atoms. The van der Waals surface area contributed by atoms with Gasteiger partial charge in [0.15, 0.2) is 0 Å². The first-order valence-corrected chi connectivity index (χ1v) is 5.08. The average molecular weight is 193 g/mol. The highest BCUT2D eigenvalue weighted by atomic mass is 14.9. The fraction of sp³-hybridized carbons (Fsp3) is 0.545. The molecular formula is C11H19N3. The summed E-state index contributed by atoms with van der Waals surface area (Å²) in [7, 11) is 0. The Kier molecular flexibility index (Phi) is 4.56.